The molecule has 1 heterocycles. The summed E-state index contributed by atoms with van der Waals surface area (Å²) in [5.41, 5.74) is 4.37. The quantitative estimate of drug-likeness (QED) is 0.621. The molecule has 4 heteroatoms. The van der Waals surface area contributed by atoms with Crippen LogP contribution in [0.5, 0.6) is 0 Å². The van der Waals surface area contributed by atoms with Crippen molar-refractivity contribution < 1.29 is 4.74 Å². The SMILES string of the molecule is COC(C)(C)CCC(NN)C1Cc2ccccc2S1. The fourth-order valence-electron chi connectivity index (χ4n) is 2.42. The minimum absolute atomic E-state index is 0.0782. The van der Waals surface area contributed by atoms with E-state index < -0.39 is 0 Å². The number of ether oxygens (including phenoxy) is 1. The smallest absolute Gasteiger partial charge is 0.0623 e. The Balaban J connectivity index is 1.94. The highest BCUT2D eigenvalue weighted by atomic mass is 32.2. The number of fused-ring (bicyclic) bond motifs is 1. The number of hydrogen-bond donors (Lipinski definition) is 2. The van der Waals surface area contributed by atoms with Crippen molar-refractivity contribution in [3.63, 3.8) is 0 Å². The first-order valence-corrected chi connectivity index (χ1v) is 7.69. The Kier molecular flexibility index (Phi) is 4.90. The number of benzene rings is 1. The molecule has 0 fully saturated rings. The summed E-state index contributed by atoms with van der Waals surface area (Å²) in [5.74, 6) is 5.75. The third-order valence-corrected chi connectivity index (χ3v) is 5.40. The van der Waals surface area contributed by atoms with Crippen LogP contribution in [0.3, 0.4) is 0 Å². The predicted octanol–water partition coefficient (Wildman–Crippen LogP) is 2.74. The summed E-state index contributed by atoms with van der Waals surface area (Å²) in [4.78, 5) is 1.40. The van der Waals surface area contributed by atoms with Crippen molar-refractivity contribution in [2.45, 2.75) is 54.9 Å². The zero-order valence-corrected chi connectivity index (χ0v) is 12.8. The first-order chi connectivity index (χ1) is 9.05. The lowest BCUT2D eigenvalue weighted by atomic mass is 9.95. The van der Waals surface area contributed by atoms with E-state index in [1.165, 1.54) is 10.5 Å². The van der Waals surface area contributed by atoms with Crippen molar-refractivity contribution in [1.29, 1.82) is 0 Å². The molecule has 0 saturated heterocycles. The van der Waals surface area contributed by atoms with Gasteiger partial charge in [0.1, 0.15) is 0 Å². The molecule has 0 aromatic heterocycles. The Hall–Kier alpha value is -0.550. The third-order valence-electron chi connectivity index (χ3n) is 3.94. The van der Waals surface area contributed by atoms with Crippen LogP contribution in [0.25, 0.3) is 0 Å². The molecule has 3 N–H and O–H groups in total. The summed E-state index contributed by atoms with van der Waals surface area (Å²) >= 11 is 1.94. The average Bonchev–Trinajstić information content (AvgIpc) is 2.83. The van der Waals surface area contributed by atoms with Gasteiger partial charge in [-0.25, -0.2) is 0 Å². The lowest BCUT2D eigenvalue weighted by Crippen LogP contribution is -2.43. The van der Waals surface area contributed by atoms with Gasteiger partial charge in [-0.1, -0.05) is 18.2 Å². The normalized spacial score (nSPS) is 20.3. The van der Waals surface area contributed by atoms with Gasteiger partial charge in [0.05, 0.1) is 5.60 Å². The highest BCUT2D eigenvalue weighted by Gasteiger charge is 2.30. The van der Waals surface area contributed by atoms with E-state index >= 15 is 0 Å². The molecule has 0 saturated carbocycles. The maximum atomic E-state index is 5.75. The van der Waals surface area contributed by atoms with Crippen LogP contribution < -0.4 is 11.3 Å². The van der Waals surface area contributed by atoms with Crippen molar-refractivity contribution in [2.75, 3.05) is 7.11 Å². The average molecular weight is 280 g/mol. The van der Waals surface area contributed by atoms with Crippen LogP contribution in [-0.4, -0.2) is 24.0 Å². The van der Waals surface area contributed by atoms with Gasteiger partial charge in [-0.15, -0.1) is 11.8 Å². The highest BCUT2D eigenvalue weighted by Crippen LogP contribution is 2.39. The van der Waals surface area contributed by atoms with Crippen molar-refractivity contribution in [1.82, 2.24) is 5.43 Å². The Morgan fingerprint density at radius 3 is 2.84 bits per heavy atom. The molecular formula is C15H24N2OS. The van der Waals surface area contributed by atoms with Gasteiger partial charge in [-0.3, -0.25) is 11.3 Å². The Morgan fingerprint density at radius 2 is 2.21 bits per heavy atom. The zero-order chi connectivity index (χ0) is 13.9. The molecular weight excluding hydrogens is 256 g/mol. The maximum absolute atomic E-state index is 5.75. The van der Waals surface area contributed by atoms with Crippen LogP contribution in [0.4, 0.5) is 0 Å². The van der Waals surface area contributed by atoms with E-state index in [0.29, 0.717) is 11.3 Å². The van der Waals surface area contributed by atoms with Gasteiger partial charge >= 0.3 is 0 Å². The highest BCUT2D eigenvalue weighted by molar-refractivity contribution is 8.00. The molecule has 0 bridgehead atoms. The summed E-state index contributed by atoms with van der Waals surface area (Å²) in [6, 6.07) is 8.96. The van der Waals surface area contributed by atoms with Crippen molar-refractivity contribution in [2.24, 2.45) is 5.84 Å². The molecule has 2 atom stereocenters. The topological polar surface area (TPSA) is 47.3 Å². The van der Waals surface area contributed by atoms with Gasteiger partial charge in [0.15, 0.2) is 0 Å². The van der Waals surface area contributed by atoms with E-state index in [2.05, 4.69) is 43.5 Å². The molecule has 2 unspecified atom stereocenters. The molecule has 19 heavy (non-hydrogen) atoms. The number of hydrogen-bond acceptors (Lipinski definition) is 4. The van der Waals surface area contributed by atoms with E-state index in [4.69, 9.17) is 10.6 Å². The fourth-order valence-corrected chi connectivity index (χ4v) is 3.84. The van der Waals surface area contributed by atoms with Gasteiger partial charge in [0.2, 0.25) is 0 Å². The molecule has 1 aromatic carbocycles. The molecule has 0 amide bonds. The number of thioether (sulfide) groups is 1. The largest absolute Gasteiger partial charge is 0.379 e. The predicted molar refractivity (Wildman–Crippen MR) is 81.2 cm³/mol. The van der Waals surface area contributed by atoms with E-state index in [1.807, 2.05) is 11.8 Å². The Morgan fingerprint density at radius 1 is 1.47 bits per heavy atom. The van der Waals surface area contributed by atoms with Gasteiger partial charge in [0.25, 0.3) is 0 Å². The third kappa shape index (κ3) is 3.72. The van der Waals surface area contributed by atoms with Crippen LogP contribution in [0.15, 0.2) is 29.2 Å². The minimum atomic E-state index is -0.0782. The molecule has 0 aliphatic carbocycles. The van der Waals surface area contributed by atoms with E-state index in [9.17, 15) is 0 Å². The van der Waals surface area contributed by atoms with Crippen LogP contribution in [0.2, 0.25) is 0 Å². The van der Waals surface area contributed by atoms with Crippen molar-refractivity contribution in [3.8, 4) is 0 Å². The van der Waals surface area contributed by atoms with Crippen LogP contribution >= 0.6 is 11.8 Å². The van der Waals surface area contributed by atoms with Gasteiger partial charge < -0.3 is 4.74 Å². The first-order valence-electron chi connectivity index (χ1n) is 6.81. The number of nitrogens with two attached hydrogens (primary N) is 1. The zero-order valence-electron chi connectivity index (χ0n) is 12.0. The van der Waals surface area contributed by atoms with E-state index in [1.54, 1.807) is 7.11 Å². The van der Waals surface area contributed by atoms with E-state index in [0.717, 1.165) is 19.3 Å². The monoisotopic (exact) mass is 280 g/mol. The standard InChI is InChI=1S/C15H24N2OS/c1-15(2,18-3)9-8-12(17-16)14-10-11-6-4-5-7-13(11)19-14/h4-7,12,14,17H,8-10,16H2,1-3H3. The number of rotatable bonds is 6. The minimum Gasteiger partial charge on any atom is -0.379 e. The summed E-state index contributed by atoms with van der Waals surface area (Å²) in [7, 11) is 1.77. The van der Waals surface area contributed by atoms with Crippen molar-refractivity contribution >= 4 is 11.8 Å². The second kappa shape index (κ2) is 6.27. The van der Waals surface area contributed by atoms with Crippen LogP contribution in [0, 0.1) is 0 Å². The number of nitrogens with one attached hydrogen (secondary N) is 1. The molecule has 1 aliphatic rings. The number of hydrazine groups is 1. The summed E-state index contributed by atoms with van der Waals surface area (Å²) < 4.78 is 5.48. The van der Waals surface area contributed by atoms with Gasteiger partial charge in [-0.05, 0) is 44.7 Å². The maximum Gasteiger partial charge on any atom is 0.0623 e. The second-order valence-corrected chi connectivity index (χ2v) is 7.02. The van der Waals surface area contributed by atoms with Crippen molar-refractivity contribution in [3.05, 3.63) is 29.8 Å². The molecule has 1 aromatic rings. The second-order valence-electron chi connectivity index (χ2n) is 5.74. The Labute approximate surface area is 120 Å². The molecule has 1 aliphatic heterocycles. The van der Waals surface area contributed by atoms with Gasteiger partial charge in [0, 0.05) is 23.3 Å². The lowest BCUT2D eigenvalue weighted by Gasteiger charge is -2.28. The van der Waals surface area contributed by atoms with Crippen LogP contribution in [0.1, 0.15) is 32.3 Å². The Bertz CT molecular complexity index is 397. The number of methoxy groups -OCH3 is 1. The molecule has 106 valence electrons. The van der Waals surface area contributed by atoms with E-state index in [-0.39, 0.29) is 5.60 Å². The summed E-state index contributed by atoms with van der Waals surface area (Å²) in [6.07, 6.45) is 3.14. The summed E-state index contributed by atoms with van der Waals surface area (Å²) in [6.45, 7) is 4.24. The van der Waals surface area contributed by atoms with Gasteiger partial charge in [-0.2, -0.15) is 0 Å². The van der Waals surface area contributed by atoms with Crippen LogP contribution in [-0.2, 0) is 11.2 Å². The first kappa shape index (κ1) is 14.9. The molecule has 0 spiro atoms. The summed E-state index contributed by atoms with van der Waals surface area (Å²) in [5, 5.41) is 0.523. The lowest BCUT2D eigenvalue weighted by molar-refractivity contribution is 0.0117. The fraction of sp³-hybridized carbons (Fsp3) is 0.600. The molecule has 3 nitrogen and oxygen atoms in total. The molecule has 2 rings (SSSR count). The molecule has 0 radical (unpaired) electrons.